The molecule has 0 aromatic rings. The van der Waals surface area contributed by atoms with E-state index in [4.69, 9.17) is 29.2 Å². The minimum absolute atomic E-state index is 0.0231. The van der Waals surface area contributed by atoms with Crippen LogP contribution in [0.15, 0.2) is 0 Å². The SMILES string of the molecule is O=C(O)C1CCCC([N+](=O)[O-])C1C(=O)OC1CCC(OC2CCCC(OC3CCC(OOCC4C(COO)CCCC4[N+](=O)[O-])CC3)C2)CC1. The van der Waals surface area contributed by atoms with Gasteiger partial charge in [-0.25, -0.2) is 14.7 Å². The maximum atomic E-state index is 13.0. The highest BCUT2D eigenvalue weighted by molar-refractivity contribution is 5.82. The molecule has 0 spiro atoms. The van der Waals surface area contributed by atoms with Crippen molar-refractivity contribution in [3.05, 3.63) is 20.2 Å². The first kappa shape index (κ1) is 38.7. The molecule has 5 rings (SSSR count). The third kappa shape index (κ3) is 10.5. The van der Waals surface area contributed by atoms with Crippen molar-refractivity contribution >= 4 is 11.9 Å². The molecule has 5 aliphatic rings. The van der Waals surface area contributed by atoms with Crippen LogP contribution in [0.5, 0.6) is 0 Å². The van der Waals surface area contributed by atoms with Gasteiger partial charge < -0.3 is 19.3 Å². The summed E-state index contributed by atoms with van der Waals surface area (Å²) in [4.78, 5) is 62.7. The lowest BCUT2D eigenvalue weighted by atomic mass is 9.76. The summed E-state index contributed by atoms with van der Waals surface area (Å²) in [7, 11) is 0. The van der Waals surface area contributed by atoms with Gasteiger partial charge in [-0.15, -0.1) is 0 Å². The topological polar surface area (TPSA) is 216 Å². The van der Waals surface area contributed by atoms with Gasteiger partial charge in [0.1, 0.15) is 12.0 Å². The van der Waals surface area contributed by atoms with Crippen LogP contribution in [-0.4, -0.2) is 94.1 Å². The quantitative estimate of drug-likeness (QED) is 0.0972. The highest BCUT2D eigenvalue weighted by Crippen LogP contribution is 2.37. The summed E-state index contributed by atoms with van der Waals surface area (Å²) >= 11 is 0. The summed E-state index contributed by atoms with van der Waals surface area (Å²) in [5.74, 6) is -4.87. The summed E-state index contributed by atoms with van der Waals surface area (Å²) in [5.41, 5.74) is 0. The van der Waals surface area contributed by atoms with E-state index in [2.05, 4.69) is 4.89 Å². The lowest BCUT2D eigenvalue weighted by Gasteiger charge is -2.37. The molecular formula is C34H54N2O14. The zero-order valence-corrected chi connectivity index (χ0v) is 28.8. The highest BCUT2D eigenvalue weighted by atomic mass is 17.2. The number of hydrogen-bond donors (Lipinski definition) is 2. The lowest BCUT2D eigenvalue weighted by molar-refractivity contribution is -0.542. The van der Waals surface area contributed by atoms with Crippen molar-refractivity contribution in [2.24, 2.45) is 23.7 Å². The smallest absolute Gasteiger partial charge is 0.317 e. The van der Waals surface area contributed by atoms with Gasteiger partial charge in [-0.2, -0.15) is 0 Å². The maximum absolute atomic E-state index is 13.0. The molecule has 50 heavy (non-hydrogen) atoms. The molecule has 0 amide bonds. The van der Waals surface area contributed by atoms with Crippen LogP contribution in [0, 0.1) is 43.9 Å². The first-order valence-corrected chi connectivity index (χ1v) is 18.7. The molecule has 0 aromatic carbocycles. The van der Waals surface area contributed by atoms with E-state index in [-0.39, 0.29) is 73.3 Å². The Morgan fingerprint density at radius 3 is 1.76 bits per heavy atom. The van der Waals surface area contributed by atoms with Gasteiger partial charge in [-0.3, -0.25) is 35.1 Å². The number of nitro groups is 2. The molecule has 0 aromatic heterocycles. The van der Waals surface area contributed by atoms with Gasteiger partial charge in [-0.1, -0.05) is 0 Å². The molecule has 5 aliphatic carbocycles. The number of carbonyl (C=O) groups excluding carboxylic acids is 1. The van der Waals surface area contributed by atoms with Gasteiger partial charge >= 0.3 is 11.9 Å². The van der Waals surface area contributed by atoms with E-state index in [9.17, 15) is 34.9 Å². The molecular weight excluding hydrogens is 660 g/mol. The number of ether oxygens (including phenoxy) is 3. The minimum atomic E-state index is -1.26. The molecule has 0 aliphatic heterocycles. The van der Waals surface area contributed by atoms with Crippen LogP contribution in [-0.2, 0) is 38.5 Å². The molecule has 0 saturated heterocycles. The Labute approximate surface area is 292 Å². The zero-order chi connectivity index (χ0) is 35.6. The Morgan fingerprint density at radius 2 is 1.18 bits per heavy atom. The Bertz CT molecular complexity index is 1100. The third-order valence-electron chi connectivity index (χ3n) is 11.8. The molecule has 5 fully saturated rings. The van der Waals surface area contributed by atoms with Gasteiger partial charge in [0.15, 0.2) is 0 Å². The maximum Gasteiger partial charge on any atom is 0.317 e. The number of esters is 1. The predicted octanol–water partition coefficient (Wildman–Crippen LogP) is 5.14. The van der Waals surface area contributed by atoms with Gasteiger partial charge in [0.2, 0.25) is 12.1 Å². The van der Waals surface area contributed by atoms with Gasteiger partial charge in [0.25, 0.3) is 0 Å². The number of rotatable bonds is 15. The second kappa shape index (κ2) is 18.8. The van der Waals surface area contributed by atoms with Crippen LogP contribution in [0.25, 0.3) is 0 Å². The van der Waals surface area contributed by atoms with E-state index in [1.807, 2.05) is 0 Å². The molecule has 0 bridgehead atoms. The average Bonchev–Trinajstić information content (AvgIpc) is 3.10. The van der Waals surface area contributed by atoms with Crippen molar-refractivity contribution < 1.29 is 58.7 Å². The van der Waals surface area contributed by atoms with Crippen LogP contribution in [0.2, 0.25) is 0 Å². The van der Waals surface area contributed by atoms with E-state index < -0.39 is 46.9 Å². The van der Waals surface area contributed by atoms with Crippen molar-refractivity contribution in [3.8, 4) is 0 Å². The fraction of sp³-hybridized carbons (Fsp3) is 0.941. The number of carbonyl (C=O) groups is 2. The number of nitrogens with zero attached hydrogens (tertiary/aromatic N) is 2. The molecule has 16 nitrogen and oxygen atoms in total. The number of carboxylic acid groups (broad SMARTS) is 1. The zero-order valence-electron chi connectivity index (χ0n) is 28.8. The van der Waals surface area contributed by atoms with Crippen molar-refractivity contribution in [3.63, 3.8) is 0 Å². The molecule has 5 saturated carbocycles. The minimum Gasteiger partial charge on any atom is -0.481 e. The lowest BCUT2D eigenvalue weighted by Crippen LogP contribution is -2.47. The van der Waals surface area contributed by atoms with E-state index in [0.29, 0.717) is 44.9 Å². The van der Waals surface area contributed by atoms with Crippen LogP contribution in [0.3, 0.4) is 0 Å². The first-order chi connectivity index (χ1) is 24.1. The van der Waals surface area contributed by atoms with E-state index in [1.165, 1.54) is 0 Å². The number of aliphatic carboxylic acids is 1. The summed E-state index contributed by atoms with van der Waals surface area (Å²) in [5, 5.41) is 41.7. The fourth-order valence-electron chi connectivity index (χ4n) is 9.05. The van der Waals surface area contributed by atoms with E-state index in [1.54, 1.807) is 0 Å². The molecule has 2 N–H and O–H groups in total. The molecule has 0 radical (unpaired) electrons. The van der Waals surface area contributed by atoms with Crippen molar-refractivity contribution in [1.29, 1.82) is 0 Å². The highest BCUT2D eigenvalue weighted by Gasteiger charge is 2.50. The monoisotopic (exact) mass is 714 g/mol. The number of carboxylic acids is 1. The normalized spacial score (nSPS) is 38.2. The van der Waals surface area contributed by atoms with Crippen LogP contribution < -0.4 is 0 Å². The molecule has 8 unspecified atom stereocenters. The predicted molar refractivity (Wildman–Crippen MR) is 173 cm³/mol. The fourth-order valence-corrected chi connectivity index (χ4v) is 9.05. The van der Waals surface area contributed by atoms with E-state index >= 15 is 0 Å². The van der Waals surface area contributed by atoms with Gasteiger partial charge in [-0.05, 0) is 109 Å². The van der Waals surface area contributed by atoms with Gasteiger partial charge in [0, 0.05) is 22.7 Å². The second-order valence-corrected chi connectivity index (χ2v) is 15.1. The largest absolute Gasteiger partial charge is 0.481 e. The average molecular weight is 715 g/mol. The Hall–Kier alpha value is -2.50. The standard InChI is InChI=1S/C34H54N2O14/c37-33(38)28-7-3-9-31(36(42)43)32(28)34(39)49-24-12-10-22(11-13-24)47-26-5-2-6-27(18-26)48-23-14-16-25(17-15-23)50-46-20-29-21(19-45-44)4-1-8-30(29)35(40)41/h21-32,44H,1-20H2,(H,37,38). The van der Waals surface area contributed by atoms with Crippen molar-refractivity contribution in [2.75, 3.05) is 13.2 Å². The van der Waals surface area contributed by atoms with E-state index in [0.717, 1.165) is 57.8 Å². The second-order valence-electron chi connectivity index (χ2n) is 15.1. The Morgan fingerprint density at radius 1 is 0.640 bits per heavy atom. The van der Waals surface area contributed by atoms with Gasteiger partial charge in [0.05, 0.1) is 55.6 Å². The van der Waals surface area contributed by atoms with Crippen LogP contribution in [0.4, 0.5) is 0 Å². The van der Waals surface area contributed by atoms with Crippen LogP contribution in [0.1, 0.15) is 116 Å². The summed E-state index contributed by atoms with van der Waals surface area (Å²) < 4.78 is 18.7. The van der Waals surface area contributed by atoms with Crippen molar-refractivity contribution in [2.45, 2.75) is 164 Å². The first-order valence-electron chi connectivity index (χ1n) is 18.7. The molecule has 8 atom stereocenters. The Balaban J connectivity index is 0.981. The Kier molecular flexibility index (Phi) is 14.6. The molecule has 16 heteroatoms. The summed E-state index contributed by atoms with van der Waals surface area (Å²) in [6.07, 6.45) is 12.0. The molecule has 284 valence electrons. The van der Waals surface area contributed by atoms with Crippen molar-refractivity contribution in [1.82, 2.24) is 0 Å². The summed E-state index contributed by atoms with van der Waals surface area (Å²) in [6, 6.07) is -1.98. The molecule has 0 heterocycles. The number of hydrogen-bond acceptors (Lipinski definition) is 13. The van der Waals surface area contributed by atoms with Crippen LogP contribution >= 0.6 is 0 Å². The summed E-state index contributed by atoms with van der Waals surface area (Å²) in [6.45, 7) is 0.129. The third-order valence-corrected chi connectivity index (χ3v) is 11.8.